The van der Waals surface area contributed by atoms with Crippen LogP contribution in [0.5, 0.6) is 0 Å². The molecule has 19 heavy (non-hydrogen) atoms. The van der Waals surface area contributed by atoms with Crippen molar-refractivity contribution >= 4 is 11.8 Å². The zero-order chi connectivity index (χ0) is 13.8. The van der Waals surface area contributed by atoms with Crippen molar-refractivity contribution in [2.75, 3.05) is 17.2 Å². The first-order chi connectivity index (χ1) is 9.10. The van der Waals surface area contributed by atoms with Gasteiger partial charge in [0, 0.05) is 18.3 Å². The third-order valence-electron chi connectivity index (χ3n) is 2.79. The van der Waals surface area contributed by atoms with Gasteiger partial charge in [-0.1, -0.05) is 0 Å². The molecule has 2 N–H and O–H groups in total. The van der Waals surface area contributed by atoms with Crippen molar-refractivity contribution in [1.29, 1.82) is 0 Å². The number of hydrogen-bond acceptors (Lipinski definition) is 6. The van der Waals surface area contributed by atoms with Crippen LogP contribution in [0.25, 0.3) is 0 Å². The van der Waals surface area contributed by atoms with Gasteiger partial charge in [0.1, 0.15) is 11.6 Å². The molecule has 0 amide bonds. The van der Waals surface area contributed by atoms with Crippen LogP contribution in [-0.2, 0) is 6.54 Å². The predicted molar refractivity (Wildman–Crippen MR) is 74.2 cm³/mol. The maximum absolute atomic E-state index is 5.52. The van der Waals surface area contributed by atoms with E-state index in [1.165, 1.54) is 0 Å². The molecule has 0 aliphatic heterocycles. The molecular weight excluding hydrogens is 242 g/mol. The monoisotopic (exact) mass is 261 g/mol. The average Bonchev–Trinajstić information content (AvgIpc) is 2.70. The standard InChI is InChI=1S/C13H19N5O/c1-5-14-13-16-6-8(2)12(18-13)15-7-11-17-9(3)10(4)19-11/h6H,5,7H2,1-4H3,(H2,14,15,16,18). The van der Waals surface area contributed by atoms with Gasteiger partial charge in [0.15, 0.2) is 0 Å². The first-order valence-electron chi connectivity index (χ1n) is 6.34. The topological polar surface area (TPSA) is 75.9 Å². The molecule has 0 aromatic carbocycles. The number of aromatic nitrogens is 3. The number of aryl methyl sites for hydroxylation is 3. The van der Waals surface area contributed by atoms with Crippen LogP contribution in [0.15, 0.2) is 10.6 Å². The summed E-state index contributed by atoms with van der Waals surface area (Å²) in [5.74, 6) is 2.93. The van der Waals surface area contributed by atoms with E-state index >= 15 is 0 Å². The lowest BCUT2D eigenvalue weighted by Gasteiger charge is -2.08. The summed E-state index contributed by atoms with van der Waals surface area (Å²) >= 11 is 0. The smallest absolute Gasteiger partial charge is 0.224 e. The van der Waals surface area contributed by atoms with E-state index in [0.29, 0.717) is 18.4 Å². The summed E-state index contributed by atoms with van der Waals surface area (Å²) in [4.78, 5) is 12.9. The lowest BCUT2D eigenvalue weighted by atomic mass is 10.3. The Morgan fingerprint density at radius 3 is 2.58 bits per heavy atom. The zero-order valence-corrected chi connectivity index (χ0v) is 11.7. The van der Waals surface area contributed by atoms with Crippen LogP contribution in [0.1, 0.15) is 29.8 Å². The van der Waals surface area contributed by atoms with Gasteiger partial charge < -0.3 is 15.1 Å². The van der Waals surface area contributed by atoms with E-state index in [-0.39, 0.29) is 0 Å². The van der Waals surface area contributed by atoms with Crippen LogP contribution in [-0.4, -0.2) is 21.5 Å². The number of oxazole rings is 1. The lowest BCUT2D eigenvalue weighted by Crippen LogP contribution is -2.08. The summed E-state index contributed by atoms with van der Waals surface area (Å²) in [5.41, 5.74) is 1.91. The molecule has 0 unspecified atom stereocenters. The third kappa shape index (κ3) is 3.21. The third-order valence-corrected chi connectivity index (χ3v) is 2.79. The molecule has 0 radical (unpaired) electrons. The molecule has 0 aliphatic rings. The summed E-state index contributed by atoms with van der Waals surface area (Å²) in [5, 5.41) is 6.31. The van der Waals surface area contributed by atoms with Gasteiger partial charge in [0.05, 0.1) is 12.2 Å². The molecule has 2 rings (SSSR count). The van der Waals surface area contributed by atoms with Crippen molar-refractivity contribution in [3.05, 3.63) is 29.1 Å². The number of nitrogens with zero attached hydrogens (tertiary/aromatic N) is 3. The van der Waals surface area contributed by atoms with Crippen LogP contribution in [0, 0.1) is 20.8 Å². The molecule has 0 atom stereocenters. The summed E-state index contributed by atoms with van der Waals surface area (Å²) in [7, 11) is 0. The Kier molecular flexibility index (Phi) is 3.99. The summed E-state index contributed by atoms with van der Waals surface area (Å²) in [6, 6.07) is 0. The fraction of sp³-hybridized carbons (Fsp3) is 0.462. The van der Waals surface area contributed by atoms with E-state index in [4.69, 9.17) is 4.42 Å². The van der Waals surface area contributed by atoms with E-state index in [1.54, 1.807) is 6.20 Å². The van der Waals surface area contributed by atoms with Crippen molar-refractivity contribution in [2.45, 2.75) is 34.2 Å². The minimum absolute atomic E-state index is 0.512. The molecule has 0 saturated carbocycles. The van der Waals surface area contributed by atoms with Crippen LogP contribution >= 0.6 is 0 Å². The maximum atomic E-state index is 5.52. The first kappa shape index (κ1) is 13.3. The lowest BCUT2D eigenvalue weighted by molar-refractivity contribution is 0.478. The largest absolute Gasteiger partial charge is 0.444 e. The Hall–Kier alpha value is -2.11. The van der Waals surface area contributed by atoms with E-state index in [0.717, 1.165) is 29.4 Å². The van der Waals surface area contributed by atoms with Gasteiger partial charge in [-0.2, -0.15) is 4.98 Å². The summed E-state index contributed by atoms with van der Waals surface area (Å²) in [6.07, 6.45) is 1.79. The van der Waals surface area contributed by atoms with Crippen molar-refractivity contribution in [1.82, 2.24) is 15.0 Å². The molecule has 2 aromatic heterocycles. The highest BCUT2D eigenvalue weighted by Gasteiger charge is 2.07. The Bertz CT molecular complexity index is 545. The molecule has 0 aliphatic carbocycles. The van der Waals surface area contributed by atoms with Gasteiger partial charge in [-0.05, 0) is 27.7 Å². The Balaban J connectivity index is 2.07. The van der Waals surface area contributed by atoms with Crippen molar-refractivity contribution < 1.29 is 4.42 Å². The fourth-order valence-electron chi connectivity index (χ4n) is 1.64. The number of rotatable bonds is 5. The quantitative estimate of drug-likeness (QED) is 0.861. The van der Waals surface area contributed by atoms with Crippen molar-refractivity contribution in [3.8, 4) is 0 Å². The molecule has 2 heterocycles. The Morgan fingerprint density at radius 2 is 1.95 bits per heavy atom. The number of hydrogen-bond donors (Lipinski definition) is 2. The van der Waals surface area contributed by atoms with Gasteiger partial charge >= 0.3 is 0 Å². The molecule has 0 spiro atoms. The molecule has 0 saturated heterocycles. The minimum Gasteiger partial charge on any atom is -0.444 e. The van der Waals surface area contributed by atoms with Crippen molar-refractivity contribution in [3.63, 3.8) is 0 Å². The second-order valence-corrected chi connectivity index (χ2v) is 4.36. The molecule has 6 nitrogen and oxygen atoms in total. The summed E-state index contributed by atoms with van der Waals surface area (Å²) in [6.45, 7) is 9.12. The Morgan fingerprint density at radius 1 is 1.16 bits per heavy atom. The Labute approximate surface area is 112 Å². The highest BCUT2D eigenvalue weighted by Crippen LogP contribution is 2.15. The maximum Gasteiger partial charge on any atom is 0.224 e. The number of anilines is 2. The van der Waals surface area contributed by atoms with Gasteiger partial charge in [-0.15, -0.1) is 0 Å². The second-order valence-electron chi connectivity index (χ2n) is 4.36. The van der Waals surface area contributed by atoms with E-state index in [1.807, 2.05) is 27.7 Å². The first-order valence-corrected chi connectivity index (χ1v) is 6.34. The van der Waals surface area contributed by atoms with Crippen molar-refractivity contribution in [2.24, 2.45) is 0 Å². The number of nitrogens with one attached hydrogen (secondary N) is 2. The van der Waals surface area contributed by atoms with E-state index < -0.39 is 0 Å². The van der Waals surface area contributed by atoms with Crippen LogP contribution < -0.4 is 10.6 Å². The SMILES string of the molecule is CCNc1ncc(C)c(NCc2nc(C)c(C)o2)n1. The van der Waals surface area contributed by atoms with Gasteiger partial charge in [-0.3, -0.25) is 0 Å². The van der Waals surface area contributed by atoms with Gasteiger partial charge in [-0.25, -0.2) is 9.97 Å². The molecular formula is C13H19N5O. The second kappa shape index (κ2) is 5.69. The van der Waals surface area contributed by atoms with Crippen LogP contribution in [0.3, 0.4) is 0 Å². The molecule has 6 heteroatoms. The molecule has 2 aromatic rings. The van der Waals surface area contributed by atoms with E-state index in [2.05, 4.69) is 25.6 Å². The van der Waals surface area contributed by atoms with Gasteiger partial charge in [0.2, 0.25) is 11.8 Å². The zero-order valence-electron chi connectivity index (χ0n) is 11.7. The molecule has 102 valence electrons. The predicted octanol–water partition coefficient (Wildman–Crippen LogP) is 2.43. The van der Waals surface area contributed by atoms with Gasteiger partial charge in [0.25, 0.3) is 0 Å². The molecule has 0 bridgehead atoms. The highest BCUT2D eigenvalue weighted by molar-refractivity contribution is 5.46. The minimum atomic E-state index is 0.512. The normalized spacial score (nSPS) is 10.5. The molecule has 0 fully saturated rings. The average molecular weight is 261 g/mol. The fourth-order valence-corrected chi connectivity index (χ4v) is 1.64. The highest BCUT2D eigenvalue weighted by atomic mass is 16.4. The van der Waals surface area contributed by atoms with Crippen LogP contribution in [0.2, 0.25) is 0 Å². The van der Waals surface area contributed by atoms with E-state index in [9.17, 15) is 0 Å². The van der Waals surface area contributed by atoms with Crippen LogP contribution in [0.4, 0.5) is 11.8 Å². The summed E-state index contributed by atoms with van der Waals surface area (Å²) < 4.78 is 5.52.